The van der Waals surface area contributed by atoms with Gasteiger partial charge in [0.1, 0.15) is 5.82 Å². The van der Waals surface area contributed by atoms with Gasteiger partial charge in [0.15, 0.2) is 0 Å². The SMILES string of the molecule is O=C(Nc1cc(-c2ccccc2)nn1-c1cc(Cl)ccc1Cl)c1cccc(Cl)c1. The van der Waals surface area contributed by atoms with Gasteiger partial charge in [-0.3, -0.25) is 4.79 Å². The molecule has 4 nitrogen and oxygen atoms in total. The fraction of sp³-hybridized carbons (Fsp3) is 0. The number of hydrogen-bond donors (Lipinski definition) is 1. The molecule has 0 aliphatic rings. The molecule has 4 aromatic rings. The van der Waals surface area contributed by atoms with E-state index in [2.05, 4.69) is 10.4 Å². The molecule has 0 saturated carbocycles. The highest BCUT2D eigenvalue weighted by molar-refractivity contribution is 6.34. The molecule has 7 heteroatoms. The minimum atomic E-state index is -0.314. The van der Waals surface area contributed by atoms with E-state index in [9.17, 15) is 4.79 Å². The molecule has 0 radical (unpaired) electrons. The number of rotatable bonds is 4. The van der Waals surface area contributed by atoms with Gasteiger partial charge in [0, 0.05) is 27.2 Å². The van der Waals surface area contributed by atoms with Crippen LogP contribution in [0.1, 0.15) is 10.4 Å². The van der Waals surface area contributed by atoms with E-state index in [1.165, 1.54) is 0 Å². The average molecular weight is 443 g/mol. The summed E-state index contributed by atoms with van der Waals surface area (Å²) in [6.45, 7) is 0. The molecule has 4 rings (SSSR count). The fourth-order valence-corrected chi connectivity index (χ4v) is 3.42. The minimum absolute atomic E-state index is 0.314. The van der Waals surface area contributed by atoms with E-state index in [0.29, 0.717) is 37.8 Å². The Morgan fingerprint density at radius 3 is 2.34 bits per heavy atom. The van der Waals surface area contributed by atoms with Gasteiger partial charge in [0.25, 0.3) is 5.91 Å². The van der Waals surface area contributed by atoms with Crippen molar-refractivity contribution in [2.75, 3.05) is 5.32 Å². The zero-order valence-corrected chi connectivity index (χ0v) is 17.2. The lowest BCUT2D eigenvalue weighted by Crippen LogP contribution is -2.15. The molecule has 0 fully saturated rings. The molecular weight excluding hydrogens is 429 g/mol. The van der Waals surface area contributed by atoms with Crippen molar-refractivity contribution in [3.05, 3.63) is 99.5 Å². The molecule has 3 aromatic carbocycles. The van der Waals surface area contributed by atoms with Crippen molar-refractivity contribution >= 4 is 46.5 Å². The number of carbonyl (C=O) groups is 1. The monoisotopic (exact) mass is 441 g/mol. The van der Waals surface area contributed by atoms with E-state index in [4.69, 9.17) is 34.8 Å². The fourth-order valence-electron chi connectivity index (χ4n) is 2.87. The highest BCUT2D eigenvalue weighted by Crippen LogP contribution is 2.30. The molecule has 1 N–H and O–H groups in total. The van der Waals surface area contributed by atoms with Gasteiger partial charge in [-0.15, -0.1) is 0 Å². The Balaban J connectivity index is 1.80. The molecule has 1 aromatic heterocycles. The molecule has 0 aliphatic carbocycles. The second-order valence-corrected chi connectivity index (χ2v) is 7.53. The largest absolute Gasteiger partial charge is 0.306 e. The van der Waals surface area contributed by atoms with Gasteiger partial charge in [-0.25, -0.2) is 4.68 Å². The predicted octanol–water partition coefficient (Wildman–Crippen LogP) is 6.75. The van der Waals surface area contributed by atoms with Crippen LogP contribution < -0.4 is 5.32 Å². The summed E-state index contributed by atoms with van der Waals surface area (Å²) in [5.74, 6) is 0.143. The van der Waals surface area contributed by atoms with E-state index >= 15 is 0 Å². The Morgan fingerprint density at radius 1 is 0.828 bits per heavy atom. The van der Waals surface area contributed by atoms with E-state index in [1.807, 2.05) is 30.3 Å². The first-order valence-corrected chi connectivity index (χ1v) is 9.82. The van der Waals surface area contributed by atoms with Gasteiger partial charge in [-0.2, -0.15) is 5.10 Å². The summed E-state index contributed by atoms with van der Waals surface area (Å²) in [5, 5.41) is 8.98. The second-order valence-electron chi connectivity index (χ2n) is 6.25. The average Bonchev–Trinajstić information content (AvgIpc) is 3.14. The molecule has 0 spiro atoms. The van der Waals surface area contributed by atoms with Crippen molar-refractivity contribution in [3.8, 4) is 16.9 Å². The van der Waals surface area contributed by atoms with E-state index in [1.54, 1.807) is 53.2 Å². The Kier molecular flexibility index (Phi) is 5.58. The van der Waals surface area contributed by atoms with Crippen LogP contribution in [0.15, 0.2) is 78.9 Å². The third kappa shape index (κ3) is 4.30. The Morgan fingerprint density at radius 2 is 1.59 bits per heavy atom. The van der Waals surface area contributed by atoms with Crippen LogP contribution in [-0.2, 0) is 0 Å². The summed E-state index contributed by atoms with van der Waals surface area (Å²) >= 11 is 18.6. The van der Waals surface area contributed by atoms with Crippen LogP contribution in [0.2, 0.25) is 15.1 Å². The second kappa shape index (κ2) is 8.29. The van der Waals surface area contributed by atoms with Crippen LogP contribution >= 0.6 is 34.8 Å². The Labute approximate surface area is 182 Å². The third-order valence-electron chi connectivity index (χ3n) is 4.24. The normalized spacial score (nSPS) is 10.7. The van der Waals surface area contributed by atoms with Gasteiger partial charge in [-0.05, 0) is 36.4 Å². The summed E-state index contributed by atoms with van der Waals surface area (Å²) in [7, 11) is 0. The number of benzene rings is 3. The van der Waals surface area contributed by atoms with Gasteiger partial charge in [0.05, 0.1) is 16.4 Å². The van der Waals surface area contributed by atoms with Gasteiger partial charge >= 0.3 is 0 Å². The molecule has 0 bridgehead atoms. The molecule has 0 unspecified atom stereocenters. The molecule has 0 aliphatic heterocycles. The van der Waals surface area contributed by atoms with Crippen LogP contribution in [0, 0.1) is 0 Å². The highest BCUT2D eigenvalue weighted by atomic mass is 35.5. The molecule has 1 heterocycles. The van der Waals surface area contributed by atoms with Crippen LogP contribution in [-0.4, -0.2) is 15.7 Å². The Bertz CT molecular complexity index is 1190. The number of anilines is 1. The maximum Gasteiger partial charge on any atom is 0.256 e. The van der Waals surface area contributed by atoms with Gasteiger partial charge in [-0.1, -0.05) is 71.2 Å². The number of hydrogen-bond acceptors (Lipinski definition) is 2. The zero-order valence-electron chi connectivity index (χ0n) is 14.9. The molecule has 1 amide bonds. The van der Waals surface area contributed by atoms with Crippen molar-refractivity contribution in [1.82, 2.24) is 9.78 Å². The van der Waals surface area contributed by atoms with E-state index < -0.39 is 0 Å². The van der Waals surface area contributed by atoms with Gasteiger partial charge < -0.3 is 5.32 Å². The molecular formula is C22H14Cl3N3O. The number of nitrogens with zero attached hydrogens (tertiary/aromatic N) is 2. The summed E-state index contributed by atoms with van der Waals surface area (Å²) in [4.78, 5) is 12.8. The number of halogens is 3. The van der Waals surface area contributed by atoms with Crippen LogP contribution in [0.25, 0.3) is 16.9 Å². The predicted molar refractivity (Wildman–Crippen MR) is 118 cm³/mol. The third-order valence-corrected chi connectivity index (χ3v) is 5.03. The standard InChI is InChI=1S/C22H14Cl3N3O/c23-16-8-4-7-15(11-16)22(29)26-21-13-19(14-5-2-1-3-6-14)27-28(21)20-12-17(24)9-10-18(20)25/h1-13H,(H,26,29). The lowest BCUT2D eigenvalue weighted by Gasteiger charge is -2.11. The lowest BCUT2D eigenvalue weighted by atomic mass is 10.1. The van der Waals surface area contributed by atoms with Crippen molar-refractivity contribution in [3.63, 3.8) is 0 Å². The van der Waals surface area contributed by atoms with Crippen molar-refractivity contribution < 1.29 is 4.79 Å². The summed E-state index contributed by atoms with van der Waals surface area (Å²) < 4.78 is 1.57. The van der Waals surface area contributed by atoms with Crippen LogP contribution in [0.4, 0.5) is 5.82 Å². The first-order valence-electron chi connectivity index (χ1n) is 8.69. The maximum absolute atomic E-state index is 12.8. The van der Waals surface area contributed by atoms with E-state index in [-0.39, 0.29) is 5.91 Å². The van der Waals surface area contributed by atoms with Crippen molar-refractivity contribution in [2.24, 2.45) is 0 Å². The minimum Gasteiger partial charge on any atom is -0.306 e. The van der Waals surface area contributed by atoms with Crippen LogP contribution in [0.5, 0.6) is 0 Å². The van der Waals surface area contributed by atoms with Crippen molar-refractivity contribution in [2.45, 2.75) is 0 Å². The zero-order chi connectivity index (χ0) is 20.4. The maximum atomic E-state index is 12.8. The van der Waals surface area contributed by atoms with Crippen LogP contribution in [0.3, 0.4) is 0 Å². The summed E-state index contributed by atoms with van der Waals surface area (Å²) in [6, 6.07) is 23.2. The molecule has 144 valence electrons. The Hall–Kier alpha value is -2.79. The molecule has 29 heavy (non-hydrogen) atoms. The summed E-state index contributed by atoms with van der Waals surface area (Å²) in [6.07, 6.45) is 0. The first-order chi connectivity index (χ1) is 14.0. The number of amides is 1. The molecule has 0 atom stereocenters. The molecule has 0 saturated heterocycles. The smallest absolute Gasteiger partial charge is 0.256 e. The van der Waals surface area contributed by atoms with Gasteiger partial charge in [0.2, 0.25) is 0 Å². The number of carbonyl (C=O) groups excluding carboxylic acids is 1. The van der Waals surface area contributed by atoms with E-state index in [0.717, 1.165) is 5.56 Å². The van der Waals surface area contributed by atoms with Crippen molar-refractivity contribution in [1.29, 1.82) is 0 Å². The summed E-state index contributed by atoms with van der Waals surface area (Å²) in [5.41, 5.74) is 2.58. The lowest BCUT2D eigenvalue weighted by molar-refractivity contribution is 0.102. The highest BCUT2D eigenvalue weighted by Gasteiger charge is 2.17. The topological polar surface area (TPSA) is 46.9 Å². The first kappa shape index (κ1) is 19.5. The quantitative estimate of drug-likeness (QED) is 0.380. The number of aromatic nitrogens is 2. The number of nitrogens with one attached hydrogen (secondary N) is 1.